The quantitative estimate of drug-likeness (QED) is 0.0671. The van der Waals surface area contributed by atoms with Crippen LogP contribution in [-0.2, 0) is 30.1 Å². The van der Waals surface area contributed by atoms with Crippen LogP contribution in [0.1, 0.15) is 86.1 Å². The van der Waals surface area contributed by atoms with Crippen molar-refractivity contribution in [2.24, 2.45) is 0 Å². The Morgan fingerprint density at radius 1 is 0.345 bits per heavy atom. The Morgan fingerprint density at radius 3 is 1.37 bits per heavy atom. The number of ether oxygens (including phenoxy) is 6. The summed E-state index contributed by atoms with van der Waals surface area (Å²) in [6.07, 6.45) is -15.7. The van der Waals surface area contributed by atoms with E-state index in [4.69, 9.17) is 28.4 Å². The molecule has 0 spiro atoms. The third-order valence-corrected chi connectivity index (χ3v) is 15.5. The molecule has 7 aromatic carbocycles. The standard InChI is InChI=1S/C56H38O31/c57-15-2-1-10(3-17(15)59)47-22(64)4-11-16(58)8-18(60)27(48(11)84-47)32-31-34-30(43(73)46(76)44(31)74)29-33-28(41(71)45(75)42(29)72)26-14(7-21(63)37(67)40(26)70)53(78)83-23-9-82-52(77)12-5-19(61)35(65)38(68)24(12)25-13(6-20(62)36(66)39(25)69)54(79)85-49(23)51(87-56(33)81)50(32)86-55(34)80/h1-3,5-8,22-23,32,47,49-51,57-76H,4,9H2/t22-,23+,32-,47+,49+,50-,51-/m0/s1. The number of aliphatic hydroxyl groups is 1. The van der Waals surface area contributed by atoms with E-state index in [0.29, 0.717) is 18.2 Å². The van der Waals surface area contributed by atoms with Crippen LogP contribution in [0.15, 0.2) is 42.5 Å². The second kappa shape index (κ2) is 18.9. The van der Waals surface area contributed by atoms with E-state index in [1.54, 1.807) is 0 Å². The van der Waals surface area contributed by atoms with E-state index >= 15 is 19.2 Å². The number of cyclic esters (lactones) is 1. The summed E-state index contributed by atoms with van der Waals surface area (Å²) in [6.45, 7) is -1.64. The maximum atomic E-state index is 15.9. The zero-order chi connectivity index (χ0) is 62.7. The van der Waals surface area contributed by atoms with Crippen LogP contribution >= 0.6 is 0 Å². The van der Waals surface area contributed by atoms with Crippen molar-refractivity contribution in [3.05, 3.63) is 92.5 Å². The van der Waals surface area contributed by atoms with Crippen molar-refractivity contribution in [3.8, 4) is 148 Å². The van der Waals surface area contributed by atoms with E-state index in [1.165, 1.54) is 0 Å². The highest BCUT2D eigenvalue weighted by Crippen LogP contribution is 2.64. The first-order valence-corrected chi connectivity index (χ1v) is 25.0. The topological polar surface area (TPSA) is 545 Å². The molecule has 31 heteroatoms. The number of hydrogen-bond donors (Lipinski definition) is 20. The highest BCUT2D eigenvalue weighted by Gasteiger charge is 2.58. The predicted octanol–water partition coefficient (Wildman–Crippen LogP) is 3.28. The largest absolute Gasteiger partial charge is 0.507 e. The molecule has 7 aromatic rings. The van der Waals surface area contributed by atoms with Crippen LogP contribution in [-0.4, -0.2) is 169 Å². The van der Waals surface area contributed by atoms with Crippen LogP contribution in [0.25, 0.3) is 33.4 Å². The number of phenols is 19. The summed E-state index contributed by atoms with van der Waals surface area (Å²) in [4.78, 5) is 76.2. The van der Waals surface area contributed by atoms with Crippen LogP contribution < -0.4 is 4.74 Å². The summed E-state index contributed by atoms with van der Waals surface area (Å²) in [7, 11) is 0. The Kier molecular flexibility index (Phi) is 12.1. The fourth-order valence-corrected chi connectivity index (χ4v) is 11.6. The third kappa shape index (κ3) is 7.75. The summed E-state index contributed by atoms with van der Waals surface area (Å²) in [5.74, 6) is -40.6. The third-order valence-electron chi connectivity index (χ3n) is 15.5. The molecule has 0 aliphatic carbocycles. The molecule has 6 bridgehead atoms. The first-order chi connectivity index (χ1) is 41.0. The minimum Gasteiger partial charge on any atom is -0.507 e. The maximum Gasteiger partial charge on any atom is 0.340 e. The van der Waals surface area contributed by atoms with Crippen molar-refractivity contribution < 1.29 is 155 Å². The number of esters is 5. The monoisotopic (exact) mass is 1210 g/mol. The number of hydrogen-bond acceptors (Lipinski definition) is 31. The SMILES string of the molecule is O=C1OC[C@H]2OC(=O)c3cc(O)c(O)c(O)c3-c3c(O)c(O)c(O)c4c3C(=O)O[C@H]([C@H]3OC(=O)c5c-4c(O)c(O)c(O)c5[C@@H]3c3c(O)cc(O)c4c3O[C@H](c3ccc(O)c(O)c3)[C@@H](O)C4)[C@@H]2OC(=O)c2cc(O)c(O)c(O)c2-c2c1cc(O)c(O)c2O. The Hall–Kier alpha value is -12.2. The van der Waals surface area contributed by atoms with Crippen LogP contribution in [0, 0.1) is 0 Å². The molecule has 0 radical (unpaired) electrons. The Bertz CT molecular complexity index is 4350. The van der Waals surface area contributed by atoms with Gasteiger partial charge in [0.25, 0.3) is 0 Å². The molecule has 13 rings (SSSR count). The van der Waals surface area contributed by atoms with Gasteiger partial charge in [-0.15, -0.1) is 0 Å². The Morgan fingerprint density at radius 2 is 0.805 bits per heavy atom. The number of rotatable bonds is 2. The smallest absolute Gasteiger partial charge is 0.340 e. The molecule has 0 unspecified atom stereocenters. The molecule has 6 heterocycles. The summed E-state index contributed by atoms with van der Waals surface area (Å²) >= 11 is 0. The summed E-state index contributed by atoms with van der Waals surface area (Å²) in [5, 5.41) is 228. The number of aliphatic hydroxyl groups excluding tert-OH is 1. The van der Waals surface area contributed by atoms with Gasteiger partial charge in [0.05, 0.1) is 39.8 Å². The van der Waals surface area contributed by atoms with Gasteiger partial charge in [0, 0.05) is 62.6 Å². The lowest BCUT2D eigenvalue weighted by molar-refractivity contribution is -0.135. The normalized spacial score (nSPS) is 20.9. The lowest BCUT2D eigenvalue weighted by Crippen LogP contribution is -2.56. The summed E-state index contributed by atoms with van der Waals surface area (Å²) < 4.78 is 35.9. The van der Waals surface area contributed by atoms with Crippen molar-refractivity contribution in [1.29, 1.82) is 0 Å². The molecule has 448 valence electrons. The van der Waals surface area contributed by atoms with E-state index in [0.717, 1.165) is 18.2 Å². The minimum absolute atomic E-state index is 0.140. The summed E-state index contributed by atoms with van der Waals surface area (Å²) in [6, 6.07) is 4.59. The first kappa shape index (κ1) is 55.4. The molecule has 87 heavy (non-hydrogen) atoms. The lowest BCUT2D eigenvalue weighted by Gasteiger charge is -2.43. The van der Waals surface area contributed by atoms with E-state index in [2.05, 4.69) is 0 Å². The highest BCUT2D eigenvalue weighted by atomic mass is 16.6. The second-order valence-corrected chi connectivity index (χ2v) is 20.3. The fraction of sp³-hybridized carbons (Fsp3) is 0.161. The van der Waals surface area contributed by atoms with Crippen molar-refractivity contribution in [2.45, 2.75) is 49.0 Å². The number of carbonyl (C=O) groups excluding carboxylic acids is 5. The first-order valence-electron chi connectivity index (χ1n) is 25.0. The molecule has 31 nitrogen and oxygen atoms in total. The zero-order valence-electron chi connectivity index (χ0n) is 42.9. The van der Waals surface area contributed by atoms with E-state index < -0.39 is 278 Å². The van der Waals surface area contributed by atoms with Crippen molar-refractivity contribution >= 4 is 29.8 Å². The van der Waals surface area contributed by atoms with Gasteiger partial charge in [0.15, 0.2) is 93.4 Å². The molecule has 0 saturated carbocycles. The lowest BCUT2D eigenvalue weighted by atomic mass is 9.73. The zero-order valence-corrected chi connectivity index (χ0v) is 42.9. The molecule has 0 aromatic heterocycles. The Balaban J connectivity index is 1.24. The van der Waals surface area contributed by atoms with Crippen molar-refractivity contribution in [1.82, 2.24) is 0 Å². The van der Waals surface area contributed by atoms with E-state index in [1.807, 2.05) is 0 Å². The molecule has 6 aliphatic rings. The predicted molar refractivity (Wildman–Crippen MR) is 276 cm³/mol. The molecule has 0 saturated heterocycles. The maximum absolute atomic E-state index is 15.9. The number of fused-ring (bicyclic) bond motifs is 8. The summed E-state index contributed by atoms with van der Waals surface area (Å²) in [5.41, 5.74) is -17.4. The van der Waals surface area contributed by atoms with Crippen molar-refractivity contribution in [2.75, 3.05) is 6.61 Å². The van der Waals surface area contributed by atoms with Gasteiger partial charge in [-0.05, 0) is 35.9 Å². The number of aromatic hydroxyl groups is 19. The van der Waals surface area contributed by atoms with Gasteiger partial charge in [0.1, 0.15) is 30.0 Å². The van der Waals surface area contributed by atoms with Gasteiger partial charge in [-0.2, -0.15) is 0 Å². The van der Waals surface area contributed by atoms with E-state index in [-0.39, 0.29) is 11.6 Å². The molecule has 6 aliphatic heterocycles. The molecular formula is C56H38O31. The highest BCUT2D eigenvalue weighted by molar-refractivity contribution is 6.17. The molecule has 0 amide bonds. The van der Waals surface area contributed by atoms with Gasteiger partial charge >= 0.3 is 29.8 Å². The second-order valence-electron chi connectivity index (χ2n) is 20.3. The number of benzene rings is 7. The minimum atomic E-state index is -3.01. The van der Waals surface area contributed by atoms with Gasteiger partial charge < -0.3 is 131 Å². The average Bonchev–Trinajstić information content (AvgIpc) is 1.29. The molecular weight excluding hydrogens is 1170 g/mol. The van der Waals surface area contributed by atoms with Gasteiger partial charge in [-0.3, -0.25) is 0 Å². The van der Waals surface area contributed by atoms with Crippen molar-refractivity contribution in [3.63, 3.8) is 0 Å². The molecule has 0 fully saturated rings. The number of phenolic OH excluding ortho intramolecular Hbond substituents is 19. The van der Waals surface area contributed by atoms with Crippen LogP contribution in [0.4, 0.5) is 0 Å². The Labute approximate surface area is 479 Å². The van der Waals surface area contributed by atoms with Crippen LogP contribution in [0.2, 0.25) is 0 Å². The van der Waals surface area contributed by atoms with Gasteiger partial charge in [-0.25, -0.2) is 24.0 Å². The number of carbonyl (C=O) groups is 5. The van der Waals surface area contributed by atoms with Crippen LogP contribution in [0.3, 0.4) is 0 Å². The van der Waals surface area contributed by atoms with Crippen LogP contribution in [0.5, 0.6) is 115 Å². The van der Waals surface area contributed by atoms with E-state index in [9.17, 15) is 107 Å². The van der Waals surface area contributed by atoms with Gasteiger partial charge in [-0.1, -0.05) is 6.07 Å². The molecule has 7 atom stereocenters. The molecule has 20 N–H and O–H groups in total. The van der Waals surface area contributed by atoms with Gasteiger partial charge in [0.2, 0.25) is 28.7 Å². The average molecular weight is 1210 g/mol. The fourth-order valence-electron chi connectivity index (χ4n) is 11.6.